The van der Waals surface area contributed by atoms with Gasteiger partial charge in [0.1, 0.15) is 11.5 Å². The molecule has 0 radical (unpaired) electrons. The Morgan fingerprint density at radius 3 is 2.79 bits per heavy atom. The molecule has 1 aromatic carbocycles. The lowest BCUT2D eigenvalue weighted by molar-refractivity contribution is -0.113. The molecule has 1 aliphatic carbocycles. The van der Waals surface area contributed by atoms with Gasteiger partial charge in [0.15, 0.2) is 11.0 Å². The first-order valence-corrected chi connectivity index (χ1v) is 10.2. The zero-order chi connectivity index (χ0) is 20.2. The molecule has 4 rings (SSSR count). The molecule has 3 aromatic rings. The van der Waals surface area contributed by atoms with Crippen LogP contribution in [0.3, 0.4) is 0 Å². The average Bonchev–Trinajstić information content (AvgIpc) is 3.51. The van der Waals surface area contributed by atoms with Gasteiger partial charge in [0, 0.05) is 30.1 Å². The molecule has 2 heterocycles. The van der Waals surface area contributed by atoms with Crippen LogP contribution >= 0.6 is 11.8 Å². The van der Waals surface area contributed by atoms with Crippen LogP contribution in [0.2, 0.25) is 0 Å². The number of anilines is 1. The van der Waals surface area contributed by atoms with Crippen molar-refractivity contribution in [2.24, 2.45) is 0 Å². The number of benzene rings is 1. The quantitative estimate of drug-likeness (QED) is 0.568. The Balaban J connectivity index is 1.47. The van der Waals surface area contributed by atoms with Gasteiger partial charge in [0.25, 0.3) is 0 Å². The average molecular weight is 411 g/mol. The Hall–Kier alpha value is -3.07. The first-order chi connectivity index (χ1) is 14.2. The van der Waals surface area contributed by atoms with E-state index in [0.717, 1.165) is 29.4 Å². The molecule has 8 nitrogen and oxygen atoms in total. The van der Waals surface area contributed by atoms with Crippen LogP contribution in [-0.4, -0.2) is 45.6 Å². The molecule has 0 spiro atoms. The highest BCUT2D eigenvalue weighted by atomic mass is 32.2. The molecule has 1 N–H and O–H groups in total. The van der Waals surface area contributed by atoms with Crippen LogP contribution in [-0.2, 0) is 4.79 Å². The fraction of sp³-hybridized carbons (Fsp3) is 0.300. The Morgan fingerprint density at radius 2 is 2.10 bits per heavy atom. The summed E-state index contributed by atoms with van der Waals surface area (Å²) in [7, 11) is 3.14. The SMILES string of the molecule is COc1ccc(OC)c(NC(=O)CSc2nnc(-c3cccnc3)n2C2CC2)c1. The van der Waals surface area contributed by atoms with Gasteiger partial charge in [0.05, 0.1) is 25.7 Å². The summed E-state index contributed by atoms with van der Waals surface area (Å²) in [6, 6.07) is 9.49. The molecule has 1 saturated carbocycles. The highest BCUT2D eigenvalue weighted by Crippen LogP contribution is 2.41. The second kappa shape index (κ2) is 8.52. The van der Waals surface area contributed by atoms with Crippen LogP contribution < -0.4 is 14.8 Å². The molecule has 0 aliphatic heterocycles. The van der Waals surface area contributed by atoms with Crippen LogP contribution in [0, 0.1) is 0 Å². The van der Waals surface area contributed by atoms with Gasteiger partial charge in [-0.05, 0) is 37.1 Å². The predicted molar refractivity (Wildman–Crippen MR) is 110 cm³/mol. The molecule has 29 heavy (non-hydrogen) atoms. The minimum atomic E-state index is -0.158. The van der Waals surface area contributed by atoms with Gasteiger partial charge in [0.2, 0.25) is 5.91 Å². The van der Waals surface area contributed by atoms with Crippen LogP contribution in [0.25, 0.3) is 11.4 Å². The standard InChI is InChI=1S/C20H21N5O3S/c1-27-15-7-8-17(28-2)16(10-15)22-18(26)12-29-20-24-23-19(25(20)14-5-6-14)13-4-3-9-21-11-13/h3-4,7-11,14H,5-6,12H2,1-2H3,(H,22,26). The van der Waals surface area contributed by atoms with Crippen molar-refractivity contribution in [2.75, 3.05) is 25.3 Å². The maximum atomic E-state index is 12.5. The lowest BCUT2D eigenvalue weighted by atomic mass is 10.2. The van der Waals surface area contributed by atoms with Crippen molar-refractivity contribution in [1.29, 1.82) is 0 Å². The Morgan fingerprint density at radius 1 is 1.24 bits per heavy atom. The molecular weight excluding hydrogens is 390 g/mol. The van der Waals surface area contributed by atoms with Crippen molar-refractivity contribution in [2.45, 2.75) is 24.0 Å². The Labute approximate surface area is 172 Å². The topological polar surface area (TPSA) is 91.2 Å². The van der Waals surface area contributed by atoms with Crippen molar-refractivity contribution < 1.29 is 14.3 Å². The Kier molecular flexibility index (Phi) is 5.66. The van der Waals surface area contributed by atoms with E-state index in [-0.39, 0.29) is 11.7 Å². The van der Waals surface area contributed by atoms with Gasteiger partial charge < -0.3 is 14.8 Å². The largest absolute Gasteiger partial charge is 0.497 e. The molecule has 9 heteroatoms. The zero-order valence-corrected chi connectivity index (χ0v) is 17.0. The maximum absolute atomic E-state index is 12.5. The third-order valence-electron chi connectivity index (χ3n) is 4.51. The minimum absolute atomic E-state index is 0.158. The second-order valence-corrected chi connectivity index (χ2v) is 7.49. The summed E-state index contributed by atoms with van der Waals surface area (Å²) in [6.45, 7) is 0. The summed E-state index contributed by atoms with van der Waals surface area (Å²) >= 11 is 1.37. The van der Waals surface area contributed by atoms with Crippen molar-refractivity contribution in [3.05, 3.63) is 42.7 Å². The van der Waals surface area contributed by atoms with Gasteiger partial charge >= 0.3 is 0 Å². The smallest absolute Gasteiger partial charge is 0.234 e. The number of aromatic nitrogens is 4. The van der Waals surface area contributed by atoms with E-state index in [4.69, 9.17) is 9.47 Å². The summed E-state index contributed by atoms with van der Waals surface area (Å²) in [5.74, 6) is 2.05. The van der Waals surface area contributed by atoms with Crippen LogP contribution in [0.5, 0.6) is 11.5 Å². The molecule has 1 aliphatic rings. The molecule has 0 unspecified atom stereocenters. The van der Waals surface area contributed by atoms with Crippen molar-refractivity contribution in [1.82, 2.24) is 19.7 Å². The van der Waals surface area contributed by atoms with E-state index in [1.807, 2.05) is 12.1 Å². The number of methoxy groups -OCH3 is 2. The summed E-state index contributed by atoms with van der Waals surface area (Å²) in [4.78, 5) is 16.7. The number of thioether (sulfide) groups is 1. The van der Waals surface area contributed by atoms with E-state index in [0.29, 0.717) is 23.2 Å². The molecule has 1 amide bonds. The van der Waals surface area contributed by atoms with Crippen LogP contribution in [0.15, 0.2) is 47.9 Å². The molecule has 2 aromatic heterocycles. The van der Waals surface area contributed by atoms with Crippen LogP contribution in [0.4, 0.5) is 5.69 Å². The number of carbonyl (C=O) groups excluding carboxylic acids is 1. The first kappa shape index (κ1) is 19.3. The lowest BCUT2D eigenvalue weighted by Crippen LogP contribution is -2.15. The molecule has 0 saturated heterocycles. The number of pyridine rings is 1. The molecule has 1 fully saturated rings. The maximum Gasteiger partial charge on any atom is 0.234 e. The van der Waals surface area contributed by atoms with E-state index in [1.54, 1.807) is 44.8 Å². The van der Waals surface area contributed by atoms with E-state index >= 15 is 0 Å². The highest BCUT2D eigenvalue weighted by Gasteiger charge is 2.30. The zero-order valence-electron chi connectivity index (χ0n) is 16.2. The van der Waals surface area contributed by atoms with Crippen LogP contribution in [0.1, 0.15) is 18.9 Å². The van der Waals surface area contributed by atoms with E-state index in [1.165, 1.54) is 11.8 Å². The summed E-state index contributed by atoms with van der Waals surface area (Å²) < 4.78 is 12.6. The molecule has 0 bridgehead atoms. The fourth-order valence-electron chi connectivity index (χ4n) is 2.96. The Bertz CT molecular complexity index is 1000. The molecular formula is C20H21N5O3S. The second-order valence-electron chi connectivity index (χ2n) is 6.55. The molecule has 150 valence electrons. The van der Waals surface area contributed by atoms with E-state index in [2.05, 4.69) is 25.1 Å². The fourth-order valence-corrected chi connectivity index (χ4v) is 3.76. The predicted octanol–water partition coefficient (Wildman–Crippen LogP) is 3.42. The summed E-state index contributed by atoms with van der Waals surface area (Å²) in [5.41, 5.74) is 1.49. The van der Waals surface area contributed by atoms with E-state index < -0.39 is 0 Å². The first-order valence-electron chi connectivity index (χ1n) is 9.19. The normalized spacial score (nSPS) is 13.2. The van der Waals surface area contributed by atoms with Crippen molar-refractivity contribution >= 4 is 23.4 Å². The number of hydrogen-bond donors (Lipinski definition) is 1. The highest BCUT2D eigenvalue weighted by molar-refractivity contribution is 7.99. The number of nitrogens with zero attached hydrogens (tertiary/aromatic N) is 4. The number of amides is 1. The number of carbonyl (C=O) groups is 1. The van der Waals surface area contributed by atoms with Gasteiger partial charge in [-0.3, -0.25) is 14.3 Å². The molecule has 0 atom stereocenters. The number of rotatable bonds is 8. The van der Waals surface area contributed by atoms with Crippen molar-refractivity contribution in [3.63, 3.8) is 0 Å². The monoisotopic (exact) mass is 411 g/mol. The third kappa shape index (κ3) is 4.34. The van der Waals surface area contributed by atoms with Gasteiger partial charge in [-0.15, -0.1) is 10.2 Å². The number of ether oxygens (including phenoxy) is 2. The summed E-state index contributed by atoms with van der Waals surface area (Å²) in [6.07, 6.45) is 5.69. The number of nitrogens with one attached hydrogen (secondary N) is 1. The van der Waals surface area contributed by atoms with Gasteiger partial charge in [-0.1, -0.05) is 11.8 Å². The number of hydrogen-bond acceptors (Lipinski definition) is 7. The van der Waals surface area contributed by atoms with E-state index in [9.17, 15) is 4.79 Å². The summed E-state index contributed by atoms with van der Waals surface area (Å²) in [5, 5.41) is 12.3. The van der Waals surface area contributed by atoms with Crippen molar-refractivity contribution in [3.8, 4) is 22.9 Å². The lowest BCUT2D eigenvalue weighted by Gasteiger charge is -2.12. The van der Waals surface area contributed by atoms with Gasteiger partial charge in [-0.2, -0.15) is 0 Å². The minimum Gasteiger partial charge on any atom is -0.497 e. The third-order valence-corrected chi connectivity index (χ3v) is 5.45. The van der Waals surface area contributed by atoms with Gasteiger partial charge in [-0.25, -0.2) is 0 Å².